The Kier molecular flexibility index (Phi) is 4.50. The smallest absolute Gasteiger partial charge is 0.312 e. The zero-order chi connectivity index (χ0) is 14.0. The van der Waals surface area contributed by atoms with E-state index in [1.54, 1.807) is 0 Å². The molecule has 0 amide bonds. The molecule has 0 aromatic carbocycles. The monoisotopic (exact) mass is 292 g/mol. The van der Waals surface area contributed by atoms with Crippen LogP contribution in [-0.4, -0.2) is 11.5 Å². The second kappa shape index (κ2) is 5.79. The minimum atomic E-state index is -4.34. The third-order valence-electron chi connectivity index (χ3n) is 3.56. The maximum atomic E-state index is 13.0. The molecule has 1 aromatic rings. The van der Waals surface area contributed by atoms with Crippen LogP contribution >= 0.6 is 11.3 Å². The van der Waals surface area contributed by atoms with Crippen LogP contribution in [0.15, 0.2) is 0 Å². The largest absolute Gasteiger partial charge is 0.434 e. The summed E-state index contributed by atoms with van der Waals surface area (Å²) < 4.78 is 38.9. The summed E-state index contributed by atoms with van der Waals surface area (Å²) in [6.07, 6.45) is -1.32. The van der Waals surface area contributed by atoms with Gasteiger partial charge in [0.1, 0.15) is 0 Å². The molecule has 1 aliphatic rings. The molecule has 2 unspecified atom stereocenters. The van der Waals surface area contributed by atoms with Crippen LogP contribution in [0.5, 0.6) is 0 Å². The summed E-state index contributed by atoms with van der Waals surface area (Å²) in [4.78, 5) is 4.23. The molecule has 2 atom stereocenters. The Hall–Kier alpha value is -0.620. The Morgan fingerprint density at radius 3 is 2.63 bits per heavy atom. The Balaban J connectivity index is 2.23. The van der Waals surface area contributed by atoms with Crippen molar-refractivity contribution >= 4 is 11.3 Å². The van der Waals surface area contributed by atoms with Gasteiger partial charge in [0.05, 0.1) is 9.88 Å². The topological polar surface area (TPSA) is 24.9 Å². The van der Waals surface area contributed by atoms with E-state index >= 15 is 0 Å². The van der Waals surface area contributed by atoms with Crippen LogP contribution in [0, 0.1) is 5.92 Å². The van der Waals surface area contributed by atoms with Gasteiger partial charge < -0.3 is 5.32 Å². The molecular weight excluding hydrogens is 273 g/mol. The van der Waals surface area contributed by atoms with Gasteiger partial charge in [-0.1, -0.05) is 20.3 Å². The number of nitrogens with one attached hydrogen (secondary N) is 1. The fourth-order valence-electron chi connectivity index (χ4n) is 2.56. The second-order valence-electron chi connectivity index (χ2n) is 5.22. The summed E-state index contributed by atoms with van der Waals surface area (Å²) in [5.74, 6) is 0.817. The number of aromatic nitrogens is 1. The first-order chi connectivity index (χ1) is 8.91. The van der Waals surface area contributed by atoms with Crippen LogP contribution in [-0.2, 0) is 12.7 Å². The molecule has 0 bridgehead atoms. The SMILES string of the molecule is CCNCc1sc(C2CCC(C)C2)nc1C(F)(F)F. The summed E-state index contributed by atoms with van der Waals surface area (Å²) in [6, 6.07) is 0. The van der Waals surface area contributed by atoms with E-state index in [2.05, 4.69) is 17.2 Å². The molecular formula is C13H19F3N2S. The molecule has 19 heavy (non-hydrogen) atoms. The molecule has 1 heterocycles. The molecule has 1 N–H and O–H groups in total. The van der Waals surface area contributed by atoms with E-state index in [1.165, 1.54) is 11.3 Å². The highest BCUT2D eigenvalue weighted by atomic mass is 32.1. The zero-order valence-electron chi connectivity index (χ0n) is 11.2. The number of halogens is 3. The van der Waals surface area contributed by atoms with Gasteiger partial charge in [0.2, 0.25) is 0 Å². The molecule has 1 saturated carbocycles. The lowest BCUT2D eigenvalue weighted by Gasteiger charge is -2.06. The van der Waals surface area contributed by atoms with E-state index in [0.717, 1.165) is 19.3 Å². The van der Waals surface area contributed by atoms with Crippen molar-refractivity contribution in [3.8, 4) is 0 Å². The number of alkyl halides is 3. The maximum Gasteiger partial charge on any atom is 0.434 e. The van der Waals surface area contributed by atoms with Crippen molar-refractivity contribution in [3.63, 3.8) is 0 Å². The van der Waals surface area contributed by atoms with Crippen LogP contribution in [0.4, 0.5) is 13.2 Å². The number of rotatable bonds is 4. The lowest BCUT2D eigenvalue weighted by molar-refractivity contribution is -0.141. The van der Waals surface area contributed by atoms with Crippen molar-refractivity contribution in [2.75, 3.05) is 6.54 Å². The normalized spacial score (nSPS) is 24.1. The highest BCUT2D eigenvalue weighted by Crippen LogP contribution is 2.42. The van der Waals surface area contributed by atoms with Gasteiger partial charge in [-0.3, -0.25) is 0 Å². The van der Waals surface area contributed by atoms with Gasteiger partial charge in [-0.2, -0.15) is 13.2 Å². The van der Waals surface area contributed by atoms with Crippen LogP contribution in [0.25, 0.3) is 0 Å². The van der Waals surface area contributed by atoms with Gasteiger partial charge in [-0.25, -0.2) is 4.98 Å². The third-order valence-corrected chi connectivity index (χ3v) is 4.78. The van der Waals surface area contributed by atoms with Crippen molar-refractivity contribution in [1.29, 1.82) is 0 Å². The van der Waals surface area contributed by atoms with Gasteiger partial charge in [0.15, 0.2) is 5.69 Å². The molecule has 1 aliphatic carbocycles. The van der Waals surface area contributed by atoms with Gasteiger partial charge in [-0.05, 0) is 25.3 Å². The average molecular weight is 292 g/mol. The lowest BCUT2D eigenvalue weighted by Crippen LogP contribution is -2.15. The summed E-state index contributed by atoms with van der Waals surface area (Å²) in [5, 5.41) is 3.63. The number of hydrogen-bond acceptors (Lipinski definition) is 3. The third kappa shape index (κ3) is 3.48. The number of thiazole rings is 1. The fraction of sp³-hybridized carbons (Fsp3) is 0.769. The van der Waals surface area contributed by atoms with Gasteiger partial charge in [0, 0.05) is 12.5 Å². The van der Waals surface area contributed by atoms with E-state index in [4.69, 9.17) is 0 Å². The molecule has 0 aliphatic heterocycles. The van der Waals surface area contributed by atoms with E-state index < -0.39 is 11.9 Å². The van der Waals surface area contributed by atoms with E-state index in [0.29, 0.717) is 22.3 Å². The minimum Gasteiger partial charge on any atom is -0.312 e. The van der Waals surface area contributed by atoms with Crippen molar-refractivity contribution < 1.29 is 13.2 Å². The fourth-order valence-corrected chi connectivity index (χ4v) is 3.76. The first-order valence-corrected chi connectivity index (χ1v) is 7.51. The number of nitrogens with zero attached hydrogens (tertiary/aromatic N) is 1. The van der Waals surface area contributed by atoms with Crippen LogP contribution in [0.2, 0.25) is 0 Å². The standard InChI is InChI=1S/C13H19F3N2S/c1-3-17-7-10-11(13(14,15)16)18-12(19-10)9-5-4-8(2)6-9/h8-9,17H,3-7H2,1-2H3. The van der Waals surface area contributed by atoms with Crippen LogP contribution < -0.4 is 5.32 Å². The summed E-state index contributed by atoms with van der Waals surface area (Å²) in [6.45, 7) is 4.95. The predicted octanol–water partition coefficient (Wildman–Crippen LogP) is 4.18. The maximum absolute atomic E-state index is 13.0. The average Bonchev–Trinajstić information content (AvgIpc) is 2.91. The number of hydrogen-bond donors (Lipinski definition) is 1. The van der Waals surface area contributed by atoms with Crippen molar-refractivity contribution in [2.45, 2.75) is 51.7 Å². The molecule has 2 nitrogen and oxygen atoms in total. The van der Waals surface area contributed by atoms with Gasteiger partial charge >= 0.3 is 6.18 Å². The van der Waals surface area contributed by atoms with Crippen LogP contribution in [0.1, 0.15) is 54.6 Å². The Labute approximate surface area is 115 Å². The van der Waals surface area contributed by atoms with Gasteiger partial charge in [-0.15, -0.1) is 11.3 Å². The van der Waals surface area contributed by atoms with Crippen molar-refractivity contribution in [3.05, 3.63) is 15.6 Å². The predicted molar refractivity (Wildman–Crippen MR) is 70.3 cm³/mol. The molecule has 0 spiro atoms. The summed E-state index contributed by atoms with van der Waals surface area (Å²) in [7, 11) is 0. The minimum absolute atomic E-state index is 0.219. The van der Waals surface area contributed by atoms with Crippen molar-refractivity contribution in [2.24, 2.45) is 5.92 Å². The lowest BCUT2D eigenvalue weighted by atomic mass is 10.1. The first kappa shape index (κ1) is 14.8. The van der Waals surface area contributed by atoms with Gasteiger partial charge in [0.25, 0.3) is 0 Å². The van der Waals surface area contributed by atoms with E-state index in [9.17, 15) is 13.2 Å². The first-order valence-electron chi connectivity index (χ1n) is 6.69. The highest BCUT2D eigenvalue weighted by molar-refractivity contribution is 7.11. The Bertz CT molecular complexity index is 428. The van der Waals surface area contributed by atoms with E-state index in [-0.39, 0.29) is 12.5 Å². The van der Waals surface area contributed by atoms with E-state index in [1.807, 2.05) is 6.92 Å². The highest BCUT2D eigenvalue weighted by Gasteiger charge is 2.38. The molecule has 2 rings (SSSR count). The molecule has 0 radical (unpaired) electrons. The Morgan fingerprint density at radius 2 is 2.11 bits per heavy atom. The molecule has 1 aromatic heterocycles. The summed E-state index contributed by atoms with van der Waals surface area (Å²) >= 11 is 1.23. The Morgan fingerprint density at radius 1 is 1.37 bits per heavy atom. The summed E-state index contributed by atoms with van der Waals surface area (Å²) in [5.41, 5.74) is -0.687. The molecule has 6 heteroatoms. The van der Waals surface area contributed by atoms with Crippen molar-refractivity contribution in [1.82, 2.24) is 10.3 Å². The molecule has 0 saturated heterocycles. The van der Waals surface area contributed by atoms with Crippen LogP contribution in [0.3, 0.4) is 0 Å². The molecule has 108 valence electrons. The quantitative estimate of drug-likeness (QED) is 0.900. The zero-order valence-corrected chi connectivity index (χ0v) is 12.0. The molecule has 1 fully saturated rings. The second-order valence-corrected chi connectivity index (χ2v) is 6.33.